The van der Waals surface area contributed by atoms with Gasteiger partial charge in [0.2, 0.25) is 0 Å². The number of aryl methyl sites for hydroxylation is 1. The van der Waals surface area contributed by atoms with Crippen molar-refractivity contribution in [2.45, 2.75) is 24.8 Å². The van der Waals surface area contributed by atoms with E-state index < -0.39 is 21.7 Å². The van der Waals surface area contributed by atoms with Crippen LogP contribution in [0.1, 0.15) is 22.8 Å². The zero-order valence-electron chi connectivity index (χ0n) is 17.1. The molecule has 3 aromatic rings. The van der Waals surface area contributed by atoms with Gasteiger partial charge in [0.05, 0.1) is 10.9 Å². The molecular weight excluding hydrogens is 419 g/mol. The van der Waals surface area contributed by atoms with Gasteiger partial charge in [-0.25, -0.2) is 12.8 Å². The van der Waals surface area contributed by atoms with Gasteiger partial charge < -0.3 is 10.1 Å². The largest absolute Gasteiger partial charge is 0.491 e. The van der Waals surface area contributed by atoms with Crippen LogP contribution in [0.3, 0.4) is 0 Å². The van der Waals surface area contributed by atoms with Crippen LogP contribution in [0.2, 0.25) is 0 Å². The van der Waals surface area contributed by atoms with Crippen LogP contribution in [0.15, 0.2) is 77.7 Å². The topological polar surface area (TPSA) is 84.5 Å². The van der Waals surface area contributed by atoms with Crippen molar-refractivity contribution >= 4 is 21.6 Å². The normalized spacial score (nSPS) is 12.1. The number of hydrogen-bond acceptors (Lipinski definition) is 4. The van der Waals surface area contributed by atoms with Crippen LogP contribution in [-0.2, 0) is 10.0 Å². The number of amides is 1. The van der Waals surface area contributed by atoms with E-state index in [0.717, 1.165) is 23.4 Å². The van der Waals surface area contributed by atoms with Gasteiger partial charge in [-0.3, -0.25) is 9.52 Å². The molecule has 6 nitrogen and oxygen atoms in total. The summed E-state index contributed by atoms with van der Waals surface area (Å²) < 4.78 is 46.4. The zero-order chi connectivity index (χ0) is 22.4. The second-order valence-electron chi connectivity index (χ2n) is 7.09. The first kappa shape index (κ1) is 22.3. The first-order chi connectivity index (χ1) is 14.7. The Morgan fingerprint density at radius 1 is 1.03 bits per heavy atom. The van der Waals surface area contributed by atoms with Gasteiger partial charge in [0.1, 0.15) is 18.2 Å². The van der Waals surface area contributed by atoms with Gasteiger partial charge in [-0.2, -0.15) is 0 Å². The number of benzene rings is 3. The van der Waals surface area contributed by atoms with E-state index in [1.807, 2.05) is 31.2 Å². The molecule has 0 fully saturated rings. The quantitative estimate of drug-likeness (QED) is 0.549. The summed E-state index contributed by atoms with van der Waals surface area (Å²) >= 11 is 0. The molecular formula is C23H23FN2O4S. The number of carbonyl (C=O) groups excluding carboxylic acids is 1. The van der Waals surface area contributed by atoms with E-state index in [2.05, 4.69) is 10.0 Å². The number of carbonyl (C=O) groups is 1. The number of nitrogens with one attached hydrogen (secondary N) is 2. The third-order valence-corrected chi connectivity index (χ3v) is 5.84. The molecule has 0 aliphatic rings. The predicted molar refractivity (Wildman–Crippen MR) is 117 cm³/mol. The summed E-state index contributed by atoms with van der Waals surface area (Å²) in [5.41, 5.74) is 1.41. The first-order valence-corrected chi connectivity index (χ1v) is 11.1. The van der Waals surface area contributed by atoms with Gasteiger partial charge in [0.25, 0.3) is 15.9 Å². The van der Waals surface area contributed by atoms with Gasteiger partial charge in [0, 0.05) is 11.3 Å². The second-order valence-corrected chi connectivity index (χ2v) is 8.77. The van der Waals surface area contributed by atoms with Crippen molar-refractivity contribution in [3.63, 3.8) is 0 Å². The molecule has 0 heterocycles. The maximum atomic E-state index is 13.0. The smallest absolute Gasteiger partial charge is 0.261 e. The molecule has 162 valence electrons. The van der Waals surface area contributed by atoms with E-state index in [4.69, 9.17) is 4.74 Å². The fourth-order valence-corrected chi connectivity index (χ4v) is 3.92. The van der Waals surface area contributed by atoms with Crippen LogP contribution in [0.25, 0.3) is 0 Å². The minimum Gasteiger partial charge on any atom is -0.491 e. The van der Waals surface area contributed by atoms with E-state index in [-0.39, 0.29) is 28.8 Å². The SMILES string of the molecule is Cc1ccccc1OC[C@@H](C)NC(=O)c1cccc(S(=O)(=O)Nc2ccc(F)cc2)c1. The standard InChI is InChI=1S/C23H23FN2O4S/c1-16-6-3-4-9-22(16)30-15-17(2)25-23(27)18-7-5-8-21(14-18)31(28,29)26-20-12-10-19(24)11-13-20/h3-14,17,26H,15H2,1-2H3,(H,25,27)/t17-/m1/s1. The highest BCUT2D eigenvalue weighted by Gasteiger charge is 2.18. The van der Waals surface area contributed by atoms with E-state index in [1.54, 1.807) is 6.92 Å². The van der Waals surface area contributed by atoms with Gasteiger partial charge in [-0.15, -0.1) is 0 Å². The molecule has 0 aromatic heterocycles. The number of hydrogen-bond donors (Lipinski definition) is 2. The maximum absolute atomic E-state index is 13.0. The molecule has 0 aliphatic heterocycles. The number of rotatable bonds is 8. The summed E-state index contributed by atoms with van der Waals surface area (Å²) in [6, 6.07) is 17.9. The molecule has 0 radical (unpaired) electrons. The molecule has 1 amide bonds. The summed E-state index contributed by atoms with van der Waals surface area (Å²) in [6.45, 7) is 4.00. The van der Waals surface area contributed by atoms with Crippen LogP contribution in [-0.4, -0.2) is 27.0 Å². The molecule has 1 atom stereocenters. The van der Waals surface area contributed by atoms with Crippen LogP contribution >= 0.6 is 0 Å². The van der Waals surface area contributed by atoms with Crippen molar-refractivity contribution in [2.75, 3.05) is 11.3 Å². The maximum Gasteiger partial charge on any atom is 0.261 e. The Morgan fingerprint density at radius 3 is 2.45 bits per heavy atom. The van der Waals surface area contributed by atoms with Crippen LogP contribution < -0.4 is 14.8 Å². The lowest BCUT2D eigenvalue weighted by Crippen LogP contribution is -2.36. The minimum atomic E-state index is -3.94. The fourth-order valence-electron chi connectivity index (χ4n) is 2.82. The molecule has 0 bridgehead atoms. The lowest BCUT2D eigenvalue weighted by Gasteiger charge is -2.16. The van der Waals surface area contributed by atoms with Crippen LogP contribution in [0, 0.1) is 12.7 Å². The summed E-state index contributed by atoms with van der Waals surface area (Å²) in [7, 11) is -3.94. The Hall–Kier alpha value is -3.39. The van der Waals surface area contributed by atoms with Crippen molar-refractivity contribution in [3.05, 3.63) is 89.7 Å². The molecule has 31 heavy (non-hydrogen) atoms. The number of sulfonamides is 1. The number of halogens is 1. The summed E-state index contributed by atoms with van der Waals surface area (Å²) in [4.78, 5) is 12.5. The van der Waals surface area contributed by atoms with Crippen molar-refractivity contribution in [2.24, 2.45) is 0 Å². The van der Waals surface area contributed by atoms with E-state index in [9.17, 15) is 17.6 Å². The molecule has 3 aromatic carbocycles. The lowest BCUT2D eigenvalue weighted by molar-refractivity contribution is 0.0926. The molecule has 0 saturated carbocycles. The number of para-hydroxylation sites is 1. The Kier molecular flexibility index (Phi) is 6.91. The fraction of sp³-hybridized carbons (Fsp3) is 0.174. The Morgan fingerprint density at radius 2 is 1.74 bits per heavy atom. The minimum absolute atomic E-state index is 0.0757. The Balaban J connectivity index is 1.65. The van der Waals surface area contributed by atoms with E-state index in [1.165, 1.54) is 36.4 Å². The predicted octanol–water partition coefficient (Wildman–Crippen LogP) is 4.13. The average Bonchev–Trinajstić information content (AvgIpc) is 2.75. The summed E-state index contributed by atoms with van der Waals surface area (Å²) in [6.07, 6.45) is 0. The van der Waals surface area contributed by atoms with Crippen LogP contribution in [0.5, 0.6) is 5.75 Å². The Bertz CT molecular complexity index is 1160. The highest BCUT2D eigenvalue weighted by Crippen LogP contribution is 2.18. The van der Waals surface area contributed by atoms with Crippen LogP contribution in [0.4, 0.5) is 10.1 Å². The molecule has 8 heteroatoms. The highest BCUT2D eigenvalue weighted by atomic mass is 32.2. The molecule has 2 N–H and O–H groups in total. The van der Waals surface area contributed by atoms with E-state index >= 15 is 0 Å². The molecule has 0 unspecified atom stereocenters. The molecule has 0 aliphatic carbocycles. The van der Waals surface area contributed by atoms with E-state index in [0.29, 0.717) is 0 Å². The second kappa shape index (κ2) is 9.61. The van der Waals surface area contributed by atoms with Crippen molar-refractivity contribution < 1.29 is 22.3 Å². The molecule has 0 saturated heterocycles. The van der Waals surface area contributed by atoms with Gasteiger partial charge in [0.15, 0.2) is 0 Å². The van der Waals surface area contributed by atoms with Gasteiger partial charge >= 0.3 is 0 Å². The van der Waals surface area contributed by atoms with Gasteiger partial charge in [-0.05, 0) is 67.9 Å². The summed E-state index contributed by atoms with van der Waals surface area (Å²) in [5.74, 6) is -0.148. The monoisotopic (exact) mass is 442 g/mol. The first-order valence-electron chi connectivity index (χ1n) is 9.62. The van der Waals surface area contributed by atoms with Crippen molar-refractivity contribution in [1.29, 1.82) is 0 Å². The molecule has 0 spiro atoms. The number of anilines is 1. The summed E-state index contributed by atoms with van der Waals surface area (Å²) in [5, 5.41) is 2.80. The molecule has 3 rings (SSSR count). The van der Waals surface area contributed by atoms with Gasteiger partial charge in [-0.1, -0.05) is 24.3 Å². The number of ether oxygens (including phenoxy) is 1. The highest BCUT2D eigenvalue weighted by molar-refractivity contribution is 7.92. The Labute approximate surface area is 181 Å². The third kappa shape index (κ3) is 6.05. The zero-order valence-corrected chi connectivity index (χ0v) is 17.9. The average molecular weight is 443 g/mol. The third-order valence-electron chi connectivity index (χ3n) is 4.46. The lowest BCUT2D eigenvalue weighted by atomic mass is 10.2. The van der Waals surface area contributed by atoms with Crippen molar-refractivity contribution in [3.8, 4) is 5.75 Å². The van der Waals surface area contributed by atoms with Crippen molar-refractivity contribution in [1.82, 2.24) is 5.32 Å².